The van der Waals surface area contributed by atoms with E-state index in [-0.39, 0.29) is 11.3 Å². The lowest BCUT2D eigenvalue weighted by Gasteiger charge is -2.27. The van der Waals surface area contributed by atoms with Crippen molar-refractivity contribution >= 4 is 5.97 Å². The van der Waals surface area contributed by atoms with E-state index in [0.29, 0.717) is 5.56 Å². The molecule has 0 amide bonds. The third kappa shape index (κ3) is 2.12. The Balaban J connectivity index is 2.27. The fourth-order valence-electron chi connectivity index (χ4n) is 2.47. The van der Waals surface area contributed by atoms with Gasteiger partial charge in [-0.2, -0.15) is 13.2 Å². The van der Waals surface area contributed by atoms with Crippen LogP contribution in [0.5, 0.6) is 11.5 Å². The van der Waals surface area contributed by atoms with Crippen molar-refractivity contribution in [3.8, 4) is 11.5 Å². The maximum atomic E-state index is 13.1. The van der Waals surface area contributed by atoms with Gasteiger partial charge in [0.2, 0.25) is 0 Å². The minimum absolute atomic E-state index is 0.0102. The van der Waals surface area contributed by atoms with Crippen LogP contribution in [0.1, 0.15) is 22.6 Å². The number of aliphatic carboxylic acids is 1. The minimum atomic E-state index is -4.61. The highest BCUT2D eigenvalue weighted by molar-refractivity contribution is 5.84. The highest BCUT2D eigenvalue weighted by Gasteiger charge is 2.40. The zero-order chi connectivity index (χ0) is 15.2. The molecule has 2 aromatic rings. The summed E-state index contributed by atoms with van der Waals surface area (Å²) in [7, 11) is 0. The molecule has 108 valence electrons. The first-order chi connectivity index (χ1) is 9.89. The molecule has 0 bridgehead atoms. The number of carbonyl (C=O) groups is 1. The Morgan fingerprint density at radius 2 is 1.71 bits per heavy atom. The van der Waals surface area contributed by atoms with Crippen LogP contribution in [-0.2, 0) is 11.0 Å². The summed E-state index contributed by atoms with van der Waals surface area (Å²) in [5.74, 6) is -2.69. The second kappa shape index (κ2) is 4.51. The van der Waals surface area contributed by atoms with Crippen molar-refractivity contribution < 1.29 is 27.8 Å². The molecular formula is C15H9F3O3. The number of halogens is 3. The first kappa shape index (κ1) is 13.5. The van der Waals surface area contributed by atoms with Gasteiger partial charge in [0.15, 0.2) is 0 Å². The van der Waals surface area contributed by atoms with Crippen LogP contribution in [-0.4, -0.2) is 11.1 Å². The van der Waals surface area contributed by atoms with Crippen molar-refractivity contribution in [2.75, 3.05) is 0 Å². The Morgan fingerprint density at radius 3 is 2.38 bits per heavy atom. The van der Waals surface area contributed by atoms with Crippen LogP contribution in [0.15, 0.2) is 42.5 Å². The van der Waals surface area contributed by atoms with Crippen molar-refractivity contribution in [1.29, 1.82) is 0 Å². The molecule has 0 saturated carbocycles. The van der Waals surface area contributed by atoms with Gasteiger partial charge in [0.05, 0.1) is 5.56 Å². The van der Waals surface area contributed by atoms with E-state index in [1.54, 1.807) is 12.1 Å². The van der Waals surface area contributed by atoms with Gasteiger partial charge in [0.25, 0.3) is 0 Å². The Hall–Kier alpha value is -2.50. The molecule has 1 atom stereocenters. The van der Waals surface area contributed by atoms with Gasteiger partial charge in [0.1, 0.15) is 17.4 Å². The fraction of sp³-hybridized carbons (Fsp3) is 0.133. The number of para-hydroxylation sites is 2. The summed E-state index contributed by atoms with van der Waals surface area (Å²) in [5, 5.41) is 9.39. The molecule has 1 aliphatic heterocycles. The molecule has 1 N–H and O–H groups in total. The molecule has 1 unspecified atom stereocenters. The number of benzene rings is 2. The van der Waals surface area contributed by atoms with Crippen LogP contribution in [0, 0.1) is 0 Å². The second-order valence-electron chi connectivity index (χ2n) is 4.63. The number of alkyl halides is 3. The number of hydrogen-bond donors (Lipinski definition) is 1. The summed E-state index contributed by atoms with van der Waals surface area (Å²) in [6.45, 7) is 0. The Bertz CT molecular complexity index is 722. The maximum Gasteiger partial charge on any atom is 0.419 e. The monoisotopic (exact) mass is 294 g/mol. The molecule has 1 aliphatic rings. The van der Waals surface area contributed by atoms with Crippen molar-refractivity contribution in [2.24, 2.45) is 0 Å². The average Bonchev–Trinajstić information content (AvgIpc) is 2.42. The van der Waals surface area contributed by atoms with E-state index >= 15 is 0 Å². The standard InChI is InChI=1S/C15H9F3O3/c16-15(17,18)10-6-3-5-9-12(14(19)20)8-4-1-2-7-11(8)21-13(9)10/h1-7,12H,(H,19,20). The molecule has 2 aromatic carbocycles. The summed E-state index contributed by atoms with van der Waals surface area (Å²) in [5.41, 5.74) is -0.617. The summed E-state index contributed by atoms with van der Waals surface area (Å²) >= 11 is 0. The molecule has 6 heteroatoms. The normalized spacial score (nSPS) is 16.6. The van der Waals surface area contributed by atoms with Crippen molar-refractivity contribution in [3.63, 3.8) is 0 Å². The number of fused-ring (bicyclic) bond motifs is 2. The smallest absolute Gasteiger partial charge is 0.419 e. The van der Waals surface area contributed by atoms with Gasteiger partial charge in [-0.1, -0.05) is 30.3 Å². The molecular weight excluding hydrogens is 285 g/mol. The van der Waals surface area contributed by atoms with Gasteiger partial charge in [-0.3, -0.25) is 4.79 Å². The van der Waals surface area contributed by atoms with Gasteiger partial charge in [-0.15, -0.1) is 0 Å². The van der Waals surface area contributed by atoms with Crippen molar-refractivity contribution in [3.05, 3.63) is 59.2 Å². The largest absolute Gasteiger partial charge is 0.481 e. The van der Waals surface area contributed by atoms with Crippen LogP contribution >= 0.6 is 0 Å². The zero-order valence-electron chi connectivity index (χ0n) is 10.5. The molecule has 0 saturated heterocycles. The van der Waals surface area contributed by atoms with E-state index in [2.05, 4.69) is 0 Å². The number of hydrogen-bond acceptors (Lipinski definition) is 2. The number of ether oxygens (including phenoxy) is 1. The Kier molecular flexibility index (Phi) is 2.90. The van der Waals surface area contributed by atoms with Crippen molar-refractivity contribution in [2.45, 2.75) is 12.1 Å². The van der Waals surface area contributed by atoms with Gasteiger partial charge in [0, 0.05) is 11.1 Å². The molecule has 0 aliphatic carbocycles. The molecule has 0 aromatic heterocycles. The maximum absolute atomic E-state index is 13.1. The SMILES string of the molecule is O=C(O)C1c2ccccc2Oc2c1cccc2C(F)(F)F. The lowest BCUT2D eigenvalue weighted by molar-refractivity contribution is -0.140. The molecule has 3 rings (SSSR count). The van der Waals surface area contributed by atoms with Gasteiger partial charge in [-0.05, 0) is 12.1 Å². The quantitative estimate of drug-likeness (QED) is 0.863. The van der Waals surface area contributed by atoms with Crippen LogP contribution in [0.2, 0.25) is 0 Å². The second-order valence-corrected chi connectivity index (χ2v) is 4.63. The zero-order valence-corrected chi connectivity index (χ0v) is 10.5. The predicted molar refractivity (Wildman–Crippen MR) is 67.4 cm³/mol. The summed E-state index contributed by atoms with van der Waals surface area (Å²) < 4.78 is 44.5. The van der Waals surface area contributed by atoms with E-state index < -0.39 is 29.4 Å². The van der Waals surface area contributed by atoms with Crippen molar-refractivity contribution in [1.82, 2.24) is 0 Å². The molecule has 3 nitrogen and oxygen atoms in total. The van der Waals surface area contributed by atoms with Gasteiger partial charge >= 0.3 is 12.1 Å². The van der Waals surface area contributed by atoms with Gasteiger partial charge in [-0.25, -0.2) is 0 Å². The van der Waals surface area contributed by atoms with E-state index in [4.69, 9.17) is 4.74 Å². The third-order valence-corrected chi connectivity index (χ3v) is 3.35. The molecule has 0 radical (unpaired) electrons. The Labute approximate surface area is 117 Å². The first-order valence-electron chi connectivity index (χ1n) is 6.09. The Morgan fingerprint density at radius 1 is 1.05 bits per heavy atom. The highest BCUT2D eigenvalue weighted by Crippen LogP contribution is 2.49. The average molecular weight is 294 g/mol. The molecule has 0 fully saturated rings. The number of carboxylic acid groups (broad SMARTS) is 1. The summed E-state index contributed by atoms with van der Waals surface area (Å²) in [4.78, 5) is 11.5. The minimum Gasteiger partial charge on any atom is -0.481 e. The summed E-state index contributed by atoms with van der Waals surface area (Å²) in [6, 6.07) is 9.62. The van der Waals surface area contributed by atoms with E-state index in [9.17, 15) is 23.1 Å². The van der Waals surface area contributed by atoms with Crippen LogP contribution in [0.25, 0.3) is 0 Å². The van der Waals surface area contributed by atoms with Gasteiger partial charge < -0.3 is 9.84 Å². The molecule has 1 heterocycles. The van der Waals surface area contributed by atoms with E-state index in [0.717, 1.165) is 6.07 Å². The number of rotatable bonds is 1. The van der Waals surface area contributed by atoms with Crippen LogP contribution in [0.3, 0.4) is 0 Å². The predicted octanol–water partition coefficient (Wildman–Crippen LogP) is 4.03. The third-order valence-electron chi connectivity index (χ3n) is 3.35. The van der Waals surface area contributed by atoms with Crippen LogP contribution in [0.4, 0.5) is 13.2 Å². The number of carboxylic acids is 1. The fourth-order valence-corrected chi connectivity index (χ4v) is 2.47. The molecule has 21 heavy (non-hydrogen) atoms. The van der Waals surface area contributed by atoms with Crippen LogP contribution < -0.4 is 4.74 Å². The van der Waals surface area contributed by atoms with E-state index in [1.165, 1.54) is 24.3 Å². The lowest BCUT2D eigenvalue weighted by Crippen LogP contribution is -2.20. The topological polar surface area (TPSA) is 46.5 Å². The highest BCUT2D eigenvalue weighted by atomic mass is 19.4. The molecule has 0 spiro atoms. The van der Waals surface area contributed by atoms with E-state index in [1.807, 2.05) is 0 Å². The lowest BCUT2D eigenvalue weighted by atomic mass is 9.87. The summed E-state index contributed by atoms with van der Waals surface area (Å²) in [6.07, 6.45) is -4.61. The first-order valence-corrected chi connectivity index (χ1v) is 6.09.